The van der Waals surface area contributed by atoms with Crippen LogP contribution in [-0.2, 0) is 11.2 Å². The molecule has 0 saturated heterocycles. The molecule has 0 fully saturated rings. The number of para-hydroxylation sites is 2. The molecule has 5 aromatic rings. The molecule has 0 N–H and O–H groups in total. The third-order valence-corrected chi connectivity index (χ3v) is 7.17. The Hall–Kier alpha value is -4.22. The molecule has 0 aliphatic heterocycles. The number of benzene rings is 4. The lowest BCUT2D eigenvalue weighted by molar-refractivity contribution is -0.133. The van der Waals surface area contributed by atoms with E-state index in [0.29, 0.717) is 35.4 Å². The van der Waals surface area contributed by atoms with Gasteiger partial charge in [0.15, 0.2) is 0 Å². The van der Waals surface area contributed by atoms with E-state index in [1.54, 1.807) is 15.5 Å². The van der Waals surface area contributed by atoms with Crippen molar-refractivity contribution in [3.8, 4) is 5.69 Å². The number of halogens is 1. The molecule has 1 amide bonds. The molecule has 2 unspecified atom stereocenters. The lowest BCUT2D eigenvalue weighted by Gasteiger charge is -2.32. The molecule has 0 aliphatic rings. The van der Waals surface area contributed by atoms with E-state index in [4.69, 9.17) is 16.6 Å². The van der Waals surface area contributed by atoms with Crippen LogP contribution >= 0.6 is 11.6 Å². The second kappa shape index (κ2) is 11.4. The van der Waals surface area contributed by atoms with Gasteiger partial charge in [0.1, 0.15) is 11.2 Å². The van der Waals surface area contributed by atoms with Crippen molar-refractivity contribution in [3.63, 3.8) is 0 Å². The van der Waals surface area contributed by atoms with Gasteiger partial charge in [0.05, 0.1) is 22.6 Å². The van der Waals surface area contributed by atoms with Crippen LogP contribution in [0.5, 0.6) is 0 Å². The van der Waals surface area contributed by atoms with Crippen molar-refractivity contribution in [2.75, 3.05) is 6.54 Å². The highest BCUT2D eigenvalue weighted by molar-refractivity contribution is 6.30. The summed E-state index contributed by atoms with van der Waals surface area (Å²) in [5.74, 6) is 0.251. The number of amides is 1. The maximum atomic E-state index is 14.0. The van der Waals surface area contributed by atoms with Crippen molar-refractivity contribution in [1.29, 1.82) is 0 Å². The number of alkyl halides is 1. The van der Waals surface area contributed by atoms with Gasteiger partial charge in [-0.3, -0.25) is 14.2 Å². The van der Waals surface area contributed by atoms with Crippen molar-refractivity contribution >= 4 is 28.4 Å². The molecule has 0 bridgehead atoms. The van der Waals surface area contributed by atoms with E-state index in [2.05, 4.69) is 0 Å². The molecule has 2 atom stereocenters. The monoisotopic (exact) mass is 521 g/mol. The summed E-state index contributed by atoms with van der Waals surface area (Å²) in [7, 11) is 0. The van der Waals surface area contributed by atoms with Crippen LogP contribution in [0.25, 0.3) is 16.6 Å². The topological polar surface area (TPSA) is 55.2 Å². The molecule has 1 heterocycles. The van der Waals surface area contributed by atoms with Gasteiger partial charge in [0, 0.05) is 6.54 Å². The van der Waals surface area contributed by atoms with Gasteiger partial charge in [0.2, 0.25) is 5.91 Å². The fourth-order valence-electron chi connectivity index (χ4n) is 4.70. The predicted molar refractivity (Wildman–Crippen MR) is 153 cm³/mol. The molecule has 1 aromatic heterocycles. The quantitative estimate of drug-likeness (QED) is 0.219. The SMILES string of the molecule is CC(c1nc2ccccc2c(=O)n1-c1ccccc1)N(CCc1ccccc1)C(=O)C(Cl)c1ccccc1. The Bertz CT molecular complexity index is 1590. The third kappa shape index (κ3) is 5.24. The number of fused-ring (bicyclic) bond motifs is 1. The maximum Gasteiger partial charge on any atom is 0.266 e. The largest absolute Gasteiger partial charge is 0.331 e. The van der Waals surface area contributed by atoms with E-state index in [-0.39, 0.29) is 11.5 Å². The van der Waals surface area contributed by atoms with Gasteiger partial charge in [-0.05, 0) is 48.7 Å². The van der Waals surface area contributed by atoms with Gasteiger partial charge in [-0.15, -0.1) is 11.6 Å². The van der Waals surface area contributed by atoms with Crippen molar-refractivity contribution < 1.29 is 4.79 Å². The number of hydrogen-bond acceptors (Lipinski definition) is 3. The lowest BCUT2D eigenvalue weighted by Crippen LogP contribution is -2.40. The Morgan fingerprint density at radius 1 is 0.842 bits per heavy atom. The predicted octanol–water partition coefficient (Wildman–Crippen LogP) is 6.50. The van der Waals surface area contributed by atoms with E-state index >= 15 is 0 Å². The van der Waals surface area contributed by atoms with Crippen molar-refractivity contribution in [1.82, 2.24) is 14.5 Å². The van der Waals surface area contributed by atoms with Crippen LogP contribution in [0.15, 0.2) is 120 Å². The van der Waals surface area contributed by atoms with E-state index in [9.17, 15) is 9.59 Å². The minimum atomic E-state index is -0.869. The summed E-state index contributed by atoms with van der Waals surface area (Å²) in [4.78, 5) is 34.4. The number of hydrogen-bond donors (Lipinski definition) is 0. The van der Waals surface area contributed by atoms with Crippen LogP contribution in [0.3, 0.4) is 0 Å². The average molecular weight is 522 g/mol. The van der Waals surface area contributed by atoms with Gasteiger partial charge in [-0.2, -0.15) is 0 Å². The number of aromatic nitrogens is 2. The van der Waals surface area contributed by atoms with Gasteiger partial charge in [-0.1, -0.05) is 91.0 Å². The Kier molecular flexibility index (Phi) is 7.66. The first-order chi connectivity index (χ1) is 18.5. The zero-order valence-electron chi connectivity index (χ0n) is 21.1. The minimum Gasteiger partial charge on any atom is -0.331 e. The number of rotatable bonds is 8. The summed E-state index contributed by atoms with van der Waals surface area (Å²) in [6, 6.07) is 35.5. The van der Waals surface area contributed by atoms with Crippen LogP contribution in [0.2, 0.25) is 0 Å². The molecule has 6 heteroatoms. The first kappa shape index (κ1) is 25.4. The third-order valence-electron chi connectivity index (χ3n) is 6.73. The van der Waals surface area contributed by atoms with Crippen molar-refractivity contribution in [3.05, 3.63) is 143 Å². The summed E-state index contributed by atoms with van der Waals surface area (Å²) in [5, 5.41) is -0.347. The van der Waals surface area contributed by atoms with Crippen LogP contribution < -0.4 is 5.56 Å². The molecule has 0 radical (unpaired) electrons. The second-order valence-corrected chi connectivity index (χ2v) is 9.62. The fraction of sp³-hybridized carbons (Fsp3) is 0.156. The van der Waals surface area contributed by atoms with Crippen LogP contribution in [0.4, 0.5) is 0 Å². The molecular weight excluding hydrogens is 494 g/mol. The Balaban J connectivity index is 1.62. The van der Waals surface area contributed by atoms with Crippen molar-refractivity contribution in [2.24, 2.45) is 0 Å². The normalized spacial score (nSPS) is 12.7. The number of carbonyl (C=O) groups excluding carboxylic acids is 1. The molecule has 38 heavy (non-hydrogen) atoms. The van der Waals surface area contributed by atoms with Crippen LogP contribution in [0.1, 0.15) is 35.3 Å². The summed E-state index contributed by atoms with van der Waals surface area (Å²) >= 11 is 6.77. The standard InChI is InChI=1S/C32H28ClN3O2/c1-23(30-34-28-20-12-11-19-27(28)31(37)36(30)26-17-9-4-10-18-26)35(22-21-24-13-5-2-6-14-24)32(38)29(33)25-15-7-3-8-16-25/h2-20,23,29H,21-22H2,1H3. The average Bonchev–Trinajstić information content (AvgIpc) is 2.98. The lowest BCUT2D eigenvalue weighted by atomic mass is 10.1. The molecule has 0 saturated carbocycles. The van der Waals surface area contributed by atoms with Crippen LogP contribution in [-0.4, -0.2) is 26.9 Å². The van der Waals surface area contributed by atoms with Gasteiger partial charge in [0.25, 0.3) is 5.56 Å². The molecule has 0 aliphatic carbocycles. The Labute approximate surface area is 227 Å². The van der Waals surface area contributed by atoms with E-state index < -0.39 is 11.4 Å². The molecule has 190 valence electrons. The molecule has 5 rings (SSSR count). The van der Waals surface area contributed by atoms with E-state index in [1.165, 1.54) is 0 Å². The minimum absolute atomic E-state index is 0.176. The van der Waals surface area contributed by atoms with Crippen molar-refractivity contribution in [2.45, 2.75) is 24.8 Å². The van der Waals surface area contributed by atoms with Crippen LogP contribution in [0, 0.1) is 0 Å². The Morgan fingerprint density at radius 2 is 1.42 bits per heavy atom. The zero-order valence-corrected chi connectivity index (χ0v) is 21.8. The van der Waals surface area contributed by atoms with Gasteiger partial charge in [-0.25, -0.2) is 4.98 Å². The molecular formula is C32H28ClN3O2. The summed E-state index contributed by atoms with van der Waals surface area (Å²) in [6.07, 6.45) is 0.637. The highest BCUT2D eigenvalue weighted by Gasteiger charge is 2.31. The highest BCUT2D eigenvalue weighted by Crippen LogP contribution is 2.29. The summed E-state index contributed by atoms with van der Waals surface area (Å²) in [6.45, 7) is 2.32. The molecule has 0 spiro atoms. The van der Waals surface area contributed by atoms with Gasteiger partial charge < -0.3 is 4.90 Å². The van der Waals surface area contributed by atoms with Gasteiger partial charge >= 0.3 is 0 Å². The van der Waals surface area contributed by atoms with E-state index in [1.807, 2.05) is 116 Å². The number of nitrogens with zero attached hydrogens (tertiary/aromatic N) is 3. The molecule has 4 aromatic carbocycles. The highest BCUT2D eigenvalue weighted by atomic mass is 35.5. The Morgan fingerprint density at radius 3 is 2.11 bits per heavy atom. The first-order valence-corrected chi connectivity index (χ1v) is 13.1. The smallest absolute Gasteiger partial charge is 0.266 e. The fourth-order valence-corrected chi connectivity index (χ4v) is 4.97. The first-order valence-electron chi connectivity index (χ1n) is 12.6. The zero-order chi connectivity index (χ0) is 26.5. The summed E-state index contributed by atoms with van der Waals surface area (Å²) in [5.41, 5.74) is 2.94. The number of carbonyl (C=O) groups is 1. The summed E-state index contributed by atoms with van der Waals surface area (Å²) < 4.78 is 1.61. The van der Waals surface area contributed by atoms with E-state index in [0.717, 1.165) is 11.1 Å². The molecule has 5 nitrogen and oxygen atoms in total. The maximum absolute atomic E-state index is 14.0. The second-order valence-electron chi connectivity index (χ2n) is 9.18.